The topological polar surface area (TPSA) is 66.4 Å². The Morgan fingerprint density at radius 1 is 0.957 bits per heavy atom. The van der Waals surface area contributed by atoms with Crippen LogP contribution in [0.1, 0.15) is 6.42 Å². The highest BCUT2D eigenvalue weighted by atomic mass is 32.2. The summed E-state index contributed by atoms with van der Waals surface area (Å²) in [4.78, 5) is 0. The summed E-state index contributed by atoms with van der Waals surface area (Å²) >= 11 is 0. The van der Waals surface area contributed by atoms with Gasteiger partial charge in [-0.3, -0.25) is 4.55 Å². The average Bonchev–Trinajstić information content (AvgIpc) is 2.25. The third kappa shape index (κ3) is 5.63. The van der Waals surface area contributed by atoms with E-state index in [1.165, 1.54) is 0 Å². The summed E-state index contributed by atoms with van der Waals surface area (Å²) < 4.78 is 150. The molecule has 0 saturated carbocycles. The van der Waals surface area contributed by atoms with E-state index < -0.39 is 46.0 Å². The van der Waals surface area contributed by atoms with Crippen LogP contribution in [0.15, 0.2) is 0 Å². The van der Waals surface area contributed by atoms with Gasteiger partial charge in [-0.2, -0.15) is 47.9 Å². The number of hydrogen-bond acceptors (Lipinski definition) is 3. The first-order valence-electron chi connectivity index (χ1n) is 5.19. The van der Waals surface area contributed by atoms with Crippen molar-refractivity contribution in [3.05, 3.63) is 0 Å². The smallest absolute Gasteiger partial charge is 0.323 e. The van der Waals surface area contributed by atoms with Crippen LogP contribution in [0, 0.1) is 0 Å². The Bertz CT molecular complexity index is 475. The van der Waals surface area contributed by atoms with Crippen LogP contribution in [-0.2, 0) is 10.1 Å². The van der Waals surface area contributed by atoms with Crippen LogP contribution in [0.25, 0.3) is 0 Å². The van der Waals surface area contributed by atoms with E-state index in [4.69, 9.17) is 4.55 Å². The average molecular weight is 391 g/mol. The molecule has 0 aliphatic heterocycles. The molecule has 0 fully saturated rings. The maximum atomic E-state index is 12.7. The molecule has 4 nitrogen and oxygen atoms in total. The summed E-state index contributed by atoms with van der Waals surface area (Å²) in [7, 11) is -3.38. The Morgan fingerprint density at radius 3 is 1.48 bits per heavy atom. The highest BCUT2D eigenvalue weighted by Crippen LogP contribution is 2.51. The van der Waals surface area contributed by atoms with Gasteiger partial charge in [0.25, 0.3) is 0 Å². The highest BCUT2D eigenvalue weighted by molar-refractivity contribution is 7.87. The third-order valence-electron chi connectivity index (χ3n) is 1.91. The fraction of sp³-hybridized carbons (Fsp3) is 1.00. The third-order valence-corrected chi connectivity index (χ3v) is 2.82. The lowest BCUT2D eigenvalue weighted by Gasteiger charge is -2.32. The molecule has 0 aliphatic rings. The minimum atomic E-state index is -7.13. The molecule has 2 N–H and O–H groups in total. The van der Waals surface area contributed by atoms with Crippen molar-refractivity contribution in [2.45, 2.75) is 35.9 Å². The molecule has 0 spiro atoms. The second-order valence-corrected chi connectivity index (χ2v) is 5.44. The molecule has 23 heavy (non-hydrogen) atoms. The highest BCUT2D eigenvalue weighted by Gasteiger charge is 2.80. The van der Waals surface area contributed by atoms with E-state index in [0.29, 0.717) is 0 Å². The Balaban J connectivity index is 0. The normalized spacial score (nSPS) is 15.7. The van der Waals surface area contributed by atoms with Crippen LogP contribution in [0.4, 0.5) is 43.9 Å². The van der Waals surface area contributed by atoms with Crippen molar-refractivity contribution >= 4 is 10.1 Å². The van der Waals surface area contributed by atoms with Gasteiger partial charge < -0.3 is 5.32 Å². The Morgan fingerprint density at radius 2 is 1.26 bits per heavy atom. The molecule has 1 atom stereocenters. The first-order chi connectivity index (χ1) is 9.79. The van der Waals surface area contributed by atoms with Crippen LogP contribution in [0.2, 0.25) is 0 Å². The van der Waals surface area contributed by atoms with E-state index in [9.17, 15) is 52.3 Å². The van der Waals surface area contributed by atoms with E-state index in [0.717, 1.165) is 0 Å². The molecule has 0 bridgehead atoms. The van der Waals surface area contributed by atoms with Crippen molar-refractivity contribution in [1.29, 1.82) is 0 Å². The quantitative estimate of drug-likeness (QED) is 0.559. The molecule has 0 aliphatic carbocycles. The molecule has 0 heterocycles. The summed E-state index contributed by atoms with van der Waals surface area (Å²) in [5.41, 5.74) is 0. The Hall–Kier alpha value is -0.830. The predicted octanol–water partition coefficient (Wildman–Crippen LogP) is 2.86. The summed E-state index contributed by atoms with van der Waals surface area (Å²) in [5, 5.41) is -4.14. The number of nitrogens with one attached hydrogen (secondary N) is 1. The zero-order chi connectivity index (χ0) is 19.5. The molecular formula is C8H11F10NO3S. The van der Waals surface area contributed by atoms with Gasteiger partial charge in [0.2, 0.25) is 0 Å². The largest absolute Gasteiger partial charge is 0.438 e. The van der Waals surface area contributed by atoms with E-state index in [1.807, 2.05) is 14.1 Å². The van der Waals surface area contributed by atoms with Gasteiger partial charge in [0.05, 0.1) is 6.42 Å². The van der Waals surface area contributed by atoms with Crippen molar-refractivity contribution < 1.29 is 56.9 Å². The second-order valence-electron chi connectivity index (χ2n) is 3.98. The van der Waals surface area contributed by atoms with Crippen molar-refractivity contribution in [1.82, 2.24) is 5.32 Å². The fourth-order valence-corrected chi connectivity index (χ4v) is 1.34. The lowest BCUT2D eigenvalue weighted by atomic mass is 10.0. The van der Waals surface area contributed by atoms with Crippen molar-refractivity contribution in [2.24, 2.45) is 0 Å². The van der Waals surface area contributed by atoms with Gasteiger partial charge in [-0.15, -0.1) is 0 Å². The molecule has 0 aromatic rings. The summed E-state index contributed by atoms with van der Waals surface area (Å²) in [6.07, 6.45) is -13.8. The van der Waals surface area contributed by atoms with Gasteiger partial charge in [-0.1, -0.05) is 0 Å². The van der Waals surface area contributed by atoms with E-state index in [1.54, 1.807) is 0 Å². The standard InChI is InChI=1S/C6H4F10O3S.C2H7N/c7-2(1-3(8,9)10)4(11,12)5(13,14)6(15,16)20(17,18)19;1-3-2/h2H,1H2,(H,17,18,19);3H,1-2H3. The maximum absolute atomic E-state index is 12.7. The molecule has 0 saturated heterocycles. The number of alkyl halides is 10. The molecular weight excluding hydrogens is 380 g/mol. The Labute approximate surface area is 123 Å². The lowest BCUT2D eigenvalue weighted by molar-refractivity contribution is -0.308. The Kier molecular flexibility index (Phi) is 7.83. The van der Waals surface area contributed by atoms with E-state index in [2.05, 4.69) is 5.32 Å². The van der Waals surface area contributed by atoms with Gasteiger partial charge in [-0.05, 0) is 14.1 Å². The van der Waals surface area contributed by atoms with Crippen LogP contribution >= 0.6 is 0 Å². The van der Waals surface area contributed by atoms with E-state index in [-0.39, 0.29) is 0 Å². The van der Waals surface area contributed by atoms with Gasteiger partial charge in [-0.25, -0.2) is 4.39 Å². The monoisotopic (exact) mass is 391 g/mol. The maximum Gasteiger partial charge on any atom is 0.438 e. The van der Waals surface area contributed by atoms with Gasteiger partial charge in [0.1, 0.15) is 0 Å². The van der Waals surface area contributed by atoms with Crippen LogP contribution < -0.4 is 5.32 Å². The summed E-state index contributed by atoms with van der Waals surface area (Å²) in [6, 6.07) is 0. The van der Waals surface area contributed by atoms with Gasteiger partial charge in [0, 0.05) is 0 Å². The summed E-state index contributed by atoms with van der Waals surface area (Å²) in [5.74, 6) is -13.8. The van der Waals surface area contributed by atoms with E-state index >= 15 is 0 Å². The summed E-state index contributed by atoms with van der Waals surface area (Å²) in [6.45, 7) is 0. The molecule has 0 aromatic heterocycles. The fourth-order valence-electron chi connectivity index (χ4n) is 0.884. The second kappa shape index (κ2) is 7.38. The first-order valence-corrected chi connectivity index (χ1v) is 6.63. The molecule has 0 radical (unpaired) electrons. The zero-order valence-corrected chi connectivity index (χ0v) is 12.1. The zero-order valence-electron chi connectivity index (χ0n) is 11.2. The van der Waals surface area contributed by atoms with Gasteiger partial charge >= 0.3 is 33.4 Å². The van der Waals surface area contributed by atoms with Crippen LogP contribution in [0.5, 0.6) is 0 Å². The molecule has 0 aromatic carbocycles. The van der Waals surface area contributed by atoms with Crippen molar-refractivity contribution in [3.63, 3.8) is 0 Å². The number of halogens is 10. The molecule has 142 valence electrons. The predicted molar refractivity (Wildman–Crippen MR) is 56.9 cm³/mol. The lowest BCUT2D eigenvalue weighted by Crippen LogP contribution is -2.61. The number of rotatable bonds is 5. The minimum Gasteiger partial charge on any atom is -0.323 e. The van der Waals surface area contributed by atoms with Gasteiger partial charge in [0.15, 0.2) is 6.17 Å². The SMILES string of the molecule is CNC.O=S(=O)(O)C(F)(F)C(F)(F)C(F)(F)C(F)CC(F)(F)F. The minimum absolute atomic E-state index is 1.88. The van der Waals surface area contributed by atoms with Crippen LogP contribution in [0.3, 0.4) is 0 Å². The first kappa shape index (κ1) is 24.4. The van der Waals surface area contributed by atoms with Crippen LogP contribution in [-0.4, -0.2) is 56.5 Å². The molecule has 0 rings (SSSR count). The molecule has 15 heteroatoms. The van der Waals surface area contributed by atoms with Crippen molar-refractivity contribution in [3.8, 4) is 0 Å². The molecule has 1 unspecified atom stereocenters. The molecule has 0 amide bonds. The number of hydrogen-bond donors (Lipinski definition) is 2. The van der Waals surface area contributed by atoms with Crippen molar-refractivity contribution in [2.75, 3.05) is 14.1 Å².